The standard InChI is InChI=1S/C27H21BrN2O4S/c1-32-16-8-11-21(33-2)20(13-16)25-19-10-7-15-5-3-4-6-18(15)24(19)29-27-30(25)26(31)22(35-27)14-17-9-12-23(28)34-17/h3-6,8-9,11-14,25H,7,10H2,1-2H3/b22-14+. The van der Waals surface area contributed by atoms with E-state index in [2.05, 4.69) is 34.1 Å². The first-order valence-corrected chi connectivity index (χ1v) is 12.8. The number of aryl methyl sites for hydroxylation is 1. The quantitative estimate of drug-likeness (QED) is 0.371. The summed E-state index contributed by atoms with van der Waals surface area (Å²) in [4.78, 5) is 19.5. The number of benzene rings is 2. The maximum atomic E-state index is 13.8. The van der Waals surface area contributed by atoms with E-state index in [-0.39, 0.29) is 11.6 Å². The molecule has 6 rings (SSSR count). The molecular weight excluding hydrogens is 528 g/mol. The Bertz CT molecular complexity index is 1680. The number of nitrogens with zero attached hydrogens (tertiary/aromatic N) is 2. The molecule has 0 radical (unpaired) electrons. The minimum atomic E-state index is -0.356. The molecule has 0 saturated carbocycles. The highest BCUT2D eigenvalue weighted by Gasteiger charge is 2.34. The number of aromatic nitrogens is 1. The molecule has 1 atom stereocenters. The summed E-state index contributed by atoms with van der Waals surface area (Å²) in [5, 5.41) is 0. The third-order valence-electron chi connectivity index (χ3n) is 6.47. The van der Waals surface area contributed by atoms with Crippen molar-refractivity contribution < 1.29 is 13.9 Å². The summed E-state index contributed by atoms with van der Waals surface area (Å²) >= 11 is 4.69. The Balaban J connectivity index is 1.67. The fourth-order valence-electron chi connectivity index (χ4n) is 4.89. The lowest BCUT2D eigenvalue weighted by molar-refractivity contribution is 0.392. The van der Waals surface area contributed by atoms with E-state index in [1.165, 1.54) is 16.9 Å². The SMILES string of the molecule is COc1ccc(OC)c(C2C3=C(N=c4s/c(=C/c5ccc(Br)o5)c(=O)n42)c2ccccc2CC3)c1. The zero-order chi connectivity index (χ0) is 24.1. The number of halogens is 1. The van der Waals surface area contributed by atoms with E-state index in [0.29, 0.717) is 31.3 Å². The Kier molecular flexibility index (Phi) is 5.50. The Hall–Kier alpha value is -3.36. The topological polar surface area (TPSA) is 66.0 Å². The zero-order valence-corrected chi connectivity index (χ0v) is 21.5. The summed E-state index contributed by atoms with van der Waals surface area (Å²) in [6, 6.07) is 17.4. The molecule has 0 spiro atoms. The normalized spacial score (nSPS) is 16.9. The highest BCUT2D eigenvalue weighted by molar-refractivity contribution is 9.10. The molecule has 3 heterocycles. The predicted molar refractivity (Wildman–Crippen MR) is 139 cm³/mol. The van der Waals surface area contributed by atoms with E-state index >= 15 is 0 Å². The van der Waals surface area contributed by atoms with E-state index < -0.39 is 0 Å². The monoisotopic (exact) mass is 548 g/mol. The molecule has 8 heteroatoms. The average Bonchev–Trinajstić information content (AvgIpc) is 3.44. The van der Waals surface area contributed by atoms with Gasteiger partial charge in [0.25, 0.3) is 5.56 Å². The van der Waals surface area contributed by atoms with Crippen LogP contribution < -0.4 is 24.4 Å². The van der Waals surface area contributed by atoms with E-state index in [0.717, 1.165) is 35.2 Å². The molecule has 176 valence electrons. The van der Waals surface area contributed by atoms with Crippen LogP contribution >= 0.6 is 27.3 Å². The van der Waals surface area contributed by atoms with Crippen molar-refractivity contribution >= 4 is 39.0 Å². The molecule has 35 heavy (non-hydrogen) atoms. The van der Waals surface area contributed by atoms with Crippen molar-refractivity contribution in [3.63, 3.8) is 0 Å². The van der Waals surface area contributed by atoms with E-state index in [1.54, 1.807) is 24.9 Å². The lowest BCUT2D eigenvalue weighted by atomic mass is 9.83. The van der Waals surface area contributed by atoms with Gasteiger partial charge in [0, 0.05) is 17.2 Å². The van der Waals surface area contributed by atoms with Crippen molar-refractivity contribution in [3.05, 3.63) is 107 Å². The fourth-order valence-corrected chi connectivity index (χ4v) is 6.19. The number of allylic oxidation sites excluding steroid dienone is 1. The van der Waals surface area contributed by atoms with Crippen LogP contribution in [0.4, 0.5) is 0 Å². The van der Waals surface area contributed by atoms with Gasteiger partial charge in [-0.3, -0.25) is 9.36 Å². The minimum absolute atomic E-state index is 0.110. The summed E-state index contributed by atoms with van der Waals surface area (Å²) < 4.78 is 19.9. The van der Waals surface area contributed by atoms with Crippen molar-refractivity contribution in [2.45, 2.75) is 18.9 Å². The Labute approximate surface area is 213 Å². The largest absolute Gasteiger partial charge is 0.497 e. The number of methoxy groups -OCH3 is 2. The second-order valence-corrected chi connectivity index (χ2v) is 10.2. The highest BCUT2D eigenvalue weighted by Crippen LogP contribution is 2.44. The number of fused-ring (bicyclic) bond motifs is 3. The molecule has 1 aliphatic heterocycles. The van der Waals surface area contributed by atoms with E-state index in [4.69, 9.17) is 18.9 Å². The molecule has 0 fully saturated rings. The molecule has 1 unspecified atom stereocenters. The van der Waals surface area contributed by atoms with E-state index in [9.17, 15) is 4.79 Å². The first-order valence-electron chi connectivity index (χ1n) is 11.2. The van der Waals surface area contributed by atoms with Crippen molar-refractivity contribution in [1.82, 2.24) is 4.57 Å². The molecule has 0 saturated heterocycles. The Morgan fingerprint density at radius 2 is 1.97 bits per heavy atom. The third-order valence-corrected chi connectivity index (χ3v) is 7.88. The molecule has 1 aliphatic carbocycles. The summed E-state index contributed by atoms with van der Waals surface area (Å²) in [5.41, 5.74) is 5.20. The van der Waals surface area contributed by atoms with Crippen molar-refractivity contribution in [2.24, 2.45) is 4.99 Å². The predicted octanol–water partition coefficient (Wildman–Crippen LogP) is 4.69. The number of furan rings is 1. The third kappa shape index (κ3) is 3.68. The first kappa shape index (κ1) is 22.1. The highest BCUT2D eigenvalue weighted by atomic mass is 79.9. The van der Waals surface area contributed by atoms with Crippen LogP contribution in [-0.4, -0.2) is 18.8 Å². The number of thiazole rings is 1. The van der Waals surface area contributed by atoms with Crippen LogP contribution in [0.5, 0.6) is 11.5 Å². The van der Waals surface area contributed by atoms with Crippen LogP contribution in [0.1, 0.15) is 34.9 Å². The maximum Gasteiger partial charge on any atom is 0.271 e. The van der Waals surface area contributed by atoms with Gasteiger partial charge in [-0.25, -0.2) is 4.99 Å². The summed E-state index contributed by atoms with van der Waals surface area (Å²) in [6.45, 7) is 0. The van der Waals surface area contributed by atoms with Gasteiger partial charge in [-0.05, 0) is 70.2 Å². The number of rotatable bonds is 4. The van der Waals surface area contributed by atoms with Crippen LogP contribution in [0.2, 0.25) is 0 Å². The maximum absolute atomic E-state index is 13.8. The first-order chi connectivity index (χ1) is 17.1. The molecule has 0 amide bonds. The van der Waals surface area contributed by atoms with Gasteiger partial charge >= 0.3 is 0 Å². The van der Waals surface area contributed by atoms with Crippen molar-refractivity contribution in [3.8, 4) is 11.5 Å². The molecule has 0 N–H and O–H groups in total. The van der Waals surface area contributed by atoms with Gasteiger partial charge in [-0.1, -0.05) is 35.6 Å². The second kappa shape index (κ2) is 8.70. The Morgan fingerprint density at radius 3 is 2.74 bits per heavy atom. The molecule has 4 aromatic rings. The Morgan fingerprint density at radius 1 is 1.11 bits per heavy atom. The summed E-state index contributed by atoms with van der Waals surface area (Å²) in [7, 11) is 3.29. The lowest BCUT2D eigenvalue weighted by Gasteiger charge is -2.31. The van der Waals surface area contributed by atoms with Crippen LogP contribution in [-0.2, 0) is 6.42 Å². The van der Waals surface area contributed by atoms with Gasteiger partial charge in [0.05, 0.1) is 30.5 Å². The molecule has 6 nitrogen and oxygen atoms in total. The van der Waals surface area contributed by atoms with Gasteiger partial charge in [-0.15, -0.1) is 0 Å². The summed E-state index contributed by atoms with van der Waals surface area (Å²) in [6.07, 6.45) is 3.46. The van der Waals surface area contributed by atoms with Crippen LogP contribution in [0.3, 0.4) is 0 Å². The summed E-state index contributed by atoms with van der Waals surface area (Å²) in [5.74, 6) is 2.01. The van der Waals surface area contributed by atoms with Crippen LogP contribution in [0.25, 0.3) is 11.8 Å². The molecular formula is C27H21BrN2O4S. The van der Waals surface area contributed by atoms with Crippen LogP contribution in [0, 0.1) is 0 Å². The van der Waals surface area contributed by atoms with Crippen LogP contribution in [0.15, 0.2) is 79.0 Å². The zero-order valence-electron chi connectivity index (χ0n) is 19.1. The number of hydrogen-bond acceptors (Lipinski definition) is 6. The van der Waals surface area contributed by atoms with Gasteiger partial charge in [-0.2, -0.15) is 0 Å². The fraction of sp³-hybridized carbons (Fsp3) is 0.185. The average molecular weight is 549 g/mol. The molecule has 2 aliphatic rings. The second-order valence-electron chi connectivity index (χ2n) is 8.36. The smallest absolute Gasteiger partial charge is 0.271 e. The van der Waals surface area contributed by atoms with Crippen molar-refractivity contribution in [1.29, 1.82) is 0 Å². The minimum Gasteiger partial charge on any atom is -0.497 e. The number of ether oxygens (including phenoxy) is 2. The van der Waals surface area contributed by atoms with Gasteiger partial charge < -0.3 is 13.9 Å². The van der Waals surface area contributed by atoms with Crippen molar-refractivity contribution in [2.75, 3.05) is 14.2 Å². The number of hydrogen-bond donors (Lipinski definition) is 0. The lowest BCUT2D eigenvalue weighted by Crippen LogP contribution is -2.39. The molecule has 2 aromatic heterocycles. The molecule has 0 bridgehead atoms. The van der Waals surface area contributed by atoms with Gasteiger partial charge in [0.2, 0.25) is 0 Å². The van der Waals surface area contributed by atoms with Gasteiger partial charge in [0.1, 0.15) is 17.3 Å². The molecule has 2 aromatic carbocycles. The van der Waals surface area contributed by atoms with E-state index in [1.807, 2.05) is 36.4 Å². The van der Waals surface area contributed by atoms with Gasteiger partial charge in [0.15, 0.2) is 9.47 Å².